The van der Waals surface area contributed by atoms with Gasteiger partial charge in [0, 0.05) is 24.7 Å². The normalized spacial score (nSPS) is 15.9. The summed E-state index contributed by atoms with van der Waals surface area (Å²) in [6, 6.07) is 7.69. The lowest BCUT2D eigenvalue weighted by Gasteiger charge is -2.25. The number of hydrogen-bond donors (Lipinski definition) is 0. The molecule has 1 heterocycles. The summed E-state index contributed by atoms with van der Waals surface area (Å²) in [5.41, 5.74) is 0.936. The Balaban J connectivity index is 2.03. The summed E-state index contributed by atoms with van der Waals surface area (Å²) in [5.74, 6) is 0.890. The summed E-state index contributed by atoms with van der Waals surface area (Å²) in [4.78, 5) is 13.9. The topological polar surface area (TPSA) is 29.5 Å². The maximum Gasteiger partial charge on any atom is 0.246 e. The van der Waals surface area contributed by atoms with Crippen molar-refractivity contribution in [1.29, 1.82) is 0 Å². The minimum atomic E-state index is 0.0978. The number of rotatable bonds is 3. The Hall–Kier alpha value is -1.77. The van der Waals surface area contributed by atoms with Gasteiger partial charge in [0.2, 0.25) is 5.91 Å². The highest BCUT2D eigenvalue weighted by Crippen LogP contribution is 2.19. The molecular formula is C15H19NO2. The molecule has 0 N–H and O–H groups in total. The Morgan fingerprint density at radius 1 is 1.22 bits per heavy atom. The Labute approximate surface area is 108 Å². The average Bonchev–Trinajstić information content (AvgIpc) is 2.46. The number of carbonyl (C=O) groups excluding carboxylic acids is 1. The lowest BCUT2D eigenvalue weighted by Crippen LogP contribution is -2.34. The lowest BCUT2D eigenvalue weighted by atomic mass is 10.1. The van der Waals surface area contributed by atoms with E-state index in [1.807, 2.05) is 35.2 Å². The minimum Gasteiger partial charge on any atom is -0.496 e. The van der Waals surface area contributed by atoms with Crippen LogP contribution in [0.5, 0.6) is 5.75 Å². The van der Waals surface area contributed by atoms with Crippen LogP contribution in [-0.2, 0) is 4.79 Å². The molecule has 0 aliphatic carbocycles. The van der Waals surface area contributed by atoms with Crippen molar-refractivity contribution in [3.05, 3.63) is 35.9 Å². The van der Waals surface area contributed by atoms with E-state index in [0.29, 0.717) is 0 Å². The van der Waals surface area contributed by atoms with Crippen LogP contribution in [0.25, 0.3) is 6.08 Å². The number of likely N-dealkylation sites (tertiary alicyclic amines) is 1. The van der Waals surface area contributed by atoms with Gasteiger partial charge in [-0.25, -0.2) is 0 Å². The summed E-state index contributed by atoms with van der Waals surface area (Å²) in [6.07, 6.45) is 6.95. The van der Waals surface area contributed by atoms with Gasteiger partial charge in [-0.15, -0.1) is 0 Å². The summed E-state index contributed by atoms with van der Waals surface area (Å²) in [7, 11) is 1.64. The van der Waals surface area contributed by atoms with E-state index in [4.69, 9.17) is 4.74 Å². The summed E-state index contributed by atoms with van der Waals surface area (Å²) < 4.78 is 5.25. The zero-order valence-corrected chi connectivity index (χ0v) is 10.8. The second-order valence-electron chi connectivity index (χ2n) is 4.46. The van der Waals surface area contributed by atoms with Gasteiger partial charge in [-0.3, -0.25) is 4.79 Å². The maximum absolute atomic E-state index is 12.0. The molecule has 96 valence electrons. The molecule has 1 aliphatic heterocycles. The largest absolute Gasteiger partial charge is 0.496 e. The van der Waals surface area contributed by atoms with Crippen molar-refractivity contribution in [2.45, 2.75) is 19.3 Å². The zero-order valence-electron chi connectivity index (χ0n) is 10.8. The van der Waals surface area contributed by atoms with E-state index in [9.17, 15) is 4.79 Å². The van der Waals surface area contributed by atoms with Crippen molar-refractivity contribution in [2.75, 3.05) is 20.2 Å². The van der Waals surface area contributed by atoms with E-state index >= 15 is 0 Å². The highest BCUT2D eigenvalue weighted by molar-refractivity contribution is 5.92. The summed E-state index contributed by atoms with van der Waals surface area (Å²) in [6.45, 7) is 1.77. The predicted molar refractivity (Wildman–Crippen MR) is 72.5 cm³/mol. The first-order chi connectivity index (χ1) is 8.81. The number of ether oxygens (including phenoxy) is 1. The van der Waals surface area contributed by atoms with Crippen LogP contribution in [0.4, 0.5) is 0 Å². The standard InChI is InChI=1S/C15H19NO2/c1-18-14-8-4-3-7-13(14)9-10-15(17)16-11-5-2-6-12-16/h3-4,7-10H,2,5-6,11-12H2,1H3. The summed E-state index contributed by atoms with van der Waals surface area (Å²) >= 11 is 0. The highest BCUT2D eigenvalue weighted by Gasteiger charge is 2.13. The Bertz CT molecular complexity index is 434. The van der Waals surface area contributed by atoms with E-state index in [0.717, 1.165) is 37.2 Å². The second-order valence-corrected chi connectivity index (χ2v) is 4.46. The molecule has 1 aromatic rings. The maximum atomic E-state index is 12.0. The highest BCUT2D eigenvalue weighted by atomic mass is 16.5. The van der Waals surface area contributed by atoms with Crippen molar-refractivity contribution < 1.29 is 9.53 Å². The number of hydrogen-bond acceptors (Lipinski definition) is 2. The molecule has 0 atom stereocenters. The fraction of sp³-hybridized carbons (Fsp3) is 0.400. The molecule has 0 unspecified atom stereocenters. The molecule has 1 aromatic carbocycles. The number of carbonyl (C=O) groups is 1. The van der Waals surface area contributed by atoms with Gasteiger partial charge in [-0.2, -0.15) is 0 Å². The SMILES string of the molecule is COc1ccccc1C=CC(=O)N1CCCCC1. The van der Waals surface area contributed by atoms with Crippen LogP contribution in [0.2, 0.25) is 0 Å². The fourth-order valence-corrected chi connectivity index (χ4v) is 2.18. The first-order valence-electron chi connectivity index (χ1n) is 6.41. The number of methoxy groups -OCH3 is 1. The predicted octanol–water partition coefficient (Wildman–Crippen LogP) is 2.72. The van der Waals surface area contributed by atoms with Gasteiger partial charge in [0.1, 0.15) is 5.75 Å². The number of piperidine rings is 1. The Morgan fingerprint density at radius 2 is 1.94 bits per heavy atom. The van der Waals surface area contributed by atoms with Crippen molar-refractivity contribution in [1.82, 2.24) is 4.90 Å². The fourth-order valence-electron chi connectivity index (χ4n) is 2.18. The van der Waals surface area contributed by atoms with Crippen LogP contribution in [0.1, 0.15) is 24.8 Å². The average molecular weight is 245 g/mol. The zero-order chi connectivity index (χ0) is 12.8. The first kappa shape index (κ1) is 12.7. The smallest absolute Gasteiger partial charge is 0.246 e. The summed E-state index contributed by atoms with van der Waals surface area (Å²) in [5, 5.41) is 0. The number of nitrogens with zero attached hydrogens (tertiary/aromatic N) is 1. The second kappa shape index (κ2) is 6.24. The van der Waals surface area contributed by atoms with Crippen LogP contribution in [0, 0.1) is 0 Å². The van der Waals surface area contributed by atoms with Crippen LogP contribution in [-0.4, -0.2) is 31.0 Å². The van der Waals surface area contributed by atoms with Crippen LogP contribution in [0.3, 0.4) is 0 Å². The third-order valence-electron chi connectivity index (χ3n) is 3.21. The minimum absolute atomic E-state index is 0.0978. The van der Waals surface area contributed by atoms with Gasteiger partial charge in [0.25, 0.3) is 0 Å². The van der Waals surface area contributed by atoms with Crippen LogP contribution in [0.15, 0.2) is 30.3 Å². The molecule has 1 fully saturated rings. The molecule has 1 saturated heterocycles. The monoisotopic (exact) mass is 245 g/mol. The number of para-hydroxylation sites is 1. The third kappa shape index (κ3) is 3.13. The van der Waals surface area contributed by atoms with E-state index < -0.39 is 0 Å². The molecule has 1 aliphatic rings. The first-order valence-corrected chi connectivity index (χ1v) is 6.41. The molecule has 1 amide bonds. The molecule has 3 heteroatoms. The number of amides is 1. The molecule has 0 bridgehead atoms. The lowest BCUT2D eigenvalue weighted by molar-refractivity contribution is -0.126. The molecule has 18 heavy (non-hydrogen) atoms. The van der Waals surface area contributed by atoms with Crippen LogP contribution < -0.4 is 4.74 Å². The molecule has 0 saturated carbocycles. The molecular weight excluding hydrogens is 226 g/mol. The van der Waals surface area contributed by atoms with Gasteiger partial charge in [-0.05, 0) is 31.4 Å². The quantitative estimate of drug-likeness (QED) is 0.766. The van der Waals surface area contributed by atoms with Gasteiger partial charge in [0.05, 0.1) is 7.11 Å². The van der Waals surface area contributed by atoms with Gasteiger partial charge >= 0.3 is 0 Å². The van der Waals surface area contributed by atoms with Gasteiger partial charge in [-0.1, -0.05) is 18.2 Å². The molecule has 3 nitrogen and oxygen atoms in total. The van der Waals surface area contributed by atoms with E-state index in [1.165, 1.54) is 6.42 Å². The van der Waals surface area contributed by atoms with E-state index in [-0.39, 0.29) is 5.91 Å². The van der Waals surface area contributed by atoms with E-state index in [1.54, 1.807) is 13.2 Å². The van der Waals surface area contributed by atoms with Gasteiger partial charge < -0.3 is 9.64 Å². The van der Waals surface area contributed by atoms with Crippen molar-refractivity contribution >= 4 is 12.0 Å². The van der Waals surface area contributed by atoms with Crippen molar-refractivity contribution in [3.8, 4) is 5.75 Å². The Kier molecular flexibility index (Phi) is 4.40. The Morgan fingerprint density at radius 3 is 2.67 bits per heavy atom. The molecule has 0 spiro atoms. The third-order valence-corrected chi connectivity index (χ3v) is 3.21. The number of benzene rings is 1. The molecule has 0 aromatic heterocycles. The van der Waals surface area contributed by atoms with Crippen molar-refractivity contribution in [3.63, 3.8) is 0 Å². The molecule has 2 rings (SSSR count). The van der Waals surface area contributed by atoms with Crippen molar-refractivity contribution in [2.24, 2.45) is 0 Å². The molecule has 0 radical (unpaired) electrons. The van der Waals surface area contributed by atoms with Gasteiger partial charge in [0.15, 0.2) is 0 Å². The van der Waals surface area contributed by atoms with E-state index in [2.05, 4.69) is 0 Å². The van der Waals surface area contributed by atoms with Crippen LogP contribution >= 0.6 is 0 Å².